The molecule has 0 saturated carbocycles. The number of anilines is 2. The highest BCUT2D eigenvalue weighted by molar-refractivity contribution is 6.32. The van der Waals surface area contributed by atoms with E-state index < -0.39 is 0 Å². The van der Waals surface area contributed by atoms with Crippen LogP contribution in [-0.2, 0) is 4.79 Å². The topological polar surface area (TPSA) is 93.4 Å². The summed E-state index contributed by atoms with van der Waals surface area (Å²) in [6.45, 7) is 1.25. The predicted octanol–water partition coefficient (Wildman–Crippen LogP) is 3.65. The summed E-state index contributed by atoms with van der Waals surface area (Å²) in [7, 11) is 1.62. The van der Waals surface area contributed by atoms with Gasteiger partial charge in [-0.3, -0.25) is 4.79 Å². The summed E-state index contributed by atoms with van der Waals surface area (Å²) < 4.78 is 10.6. The van der Waals surface area contributed by atoms with Gasteiger partial charge < -0.3 is 19.5 Å². The highest BCUT2D eigenvalue weighted by Crippen LogP contribution is 2.27. The van der Waals surface area contributed by atoms with Gasteiger partial charge >= 0.3 is 6.01 Å². The molecule has 0 bridgehead atoms. The Balaban J connectivity index is 1.44. The second kappa shape index (κ2) is 8.48. The Labute approximate surface area is 172 Å². The molecule has 150 valence electrons. The van der Waals surface area contributed by atoms with E-state index in [4.69, 9.17) is 20.9 Å². The standard InChI is InChI=1S/C20H20ClN5O3/c1-28-15-8-6-13(7-9-15)18-24-20(29-25-18)26-11-3-4-14(12-26)19(27)23-16-5-2-10-22-17(16)21/h2,5-10,14H,3-4,11-12H2,1H3,(H,23,27)/t14-/m1/s1. The number of halogens is 1. The number of piperidine rings is 1. The number of hydrogen-bond donors (Lipinski definition) is 1. The number of carbonyl (C=O) groups excluding carboxylic acids is 1. The Bertz CT molecular complexity index is 992. The minimum atomic E-state index is -0.212. The van der Waals surface area contributed by atoms with Gasteiger partial charge in [0.1, 0.15) is 5.75 Å². The third-order valence-corrected chi connectivity index (χ3v) is 5.14. The van der Waals surface area contributed by atoms with Crippen molar-refractivity contribution >= 4 is 29.2 Å². The second-order valence-electron chi connectivity index (χ2n) is 6.75. The Morgan fingerprint density at radius 3 is 2.90 bits per heavy atom. The molecule has 9 heteroatoms. The molecule has 3 heterocycles. The molecule has 29 heavy (non-hydrogen) atoms. The van der Waals surface area contributed by atoms with E-state index in [0.29, 0.717) is 24.1 Å². The molecule has 1 aliphatic heterocycles. The molecule has 0 spiro atoms. The lowest BCUT2D eigenvalue weighted by molar-refractivity contribution is -0.120. The number of aromatic nitrogens is 3. The van der Waals surface area contributed by atoms with E-state index in [1.165, 1.54) is 0 Å². The van der Waals surface area contributed by atoms with E-state index in [0.717, 1.165) is 30.7 Å². The molecule has 8 nitrogen and oxygen atoms in total. The first kappa shape index (κ1) is 19.2. The maximum absolute atomic E-state index is 12.7. The molecule has 0 unspecified atom stereocenters. The molecule has 1 amide bonds. The van der Waals surface area contributed by atoms with Gasteiger partial charge in [0.25, 0.3) is 0 Å². The fraction of sp³-hybridized carbons (Fsp3) is 0.300. The number of methoxy groups -OCH3 is 1. The van der Waals surface area contributed by atoms with Gasteiger partial charge in [-0.25, -0.2) is 4.98 Å². The van der Waals surface area contributed by atoms with Crippen LogP contribution in [0.5, 0.6) is 5.75 Å². The Hall–Kier alpha value is -3.13. The number of hydrogen-bond acceptors (Lipinski definition) is 7. The summed E-state index contributed by atoms with van der Waals surface area (Å²) >= 11 is 6.03. The molecule has 4 rings (SSSR count). The number of amides is 1. The number of carbonyl (C=O) groups is 1. The highest BCUT2D eigenvalue weighted by atomic mass is 35.5. The van der Waals surface area contributed by atoms with Crippen molar-refractivity contribution in [2.45, 2.75) is 12.8 Å². The third-order valence-electron chi connectivity index (χ3n) is 4.84. The summed E-state index contributed by atoms with van der Waals surface area (Å²) in [5.41, 5.74) is 1.34. The summed E-state index contributed by atoms with van der Waals surface area (Å²) in [6, 6.07) is 11.3. The largest absolute Gasteiger partial charge is 0.497 e. The fourth-order valence-electron chi connectivity index (χ4n) is 3.28. The van der Waals surface area contributed by atoms with Crippen molar-refractivity contribution < 1.29 is 14.1 Å². The molecule has 1 saturated heterocycles. The van der Waals surface area contributed by atoms with Crippen LogP contribution in [-0.4, -0.2) is 41.2 Å². The molecule has 1 aliphatic rings. The lowest BCUT2D eigenvalue weighted by Gasteiger charge is -2.30. The minimum Gasteiger partial charge on any atom is -0.497 e. The highest BCUT2D eigenvalue weighted by Gasteiger charge is 2.29. The van der Waals surface area contributed by atoms with Gasteiger partial charge in [0.15, 0.2) is 5.15 Å². The normalized spacial score (nSPS) is 16.5. The van der Waals surface area contributed by atoms with Crippen LogP contribution in [0.25, 0.3) is 11.4 Å². The van der Waals surface area contributed by atoms with Crippen molar-refractivity contribution in [3.63, 3.8) is 0 Å². The van der Waals surface area contributed by atoms with Crippen LogP contribution in [0.2, 0.25) is 5.15 Å². The molecular weight excluding hydrogens is 394 g/mol. The van der Waals surface area contributed by atoms with Gasteiger partial charge in [-0.2, -0.15) is 4.98 Å². The maximum atomic E-state index is 12.7. The van der Waals surface area contributed by atoms with Crippen LogP contribution >= 0.6 is 11.6 Å². The number of nitrogens with one attached hydrogen (secondary N) is 1. The van der Waals surface area contributed by atoms with Crippen molar-refractivity contribution in [2.75, 3.05) is 30.4 Å². The van der Waals surface area contributed by atoms with Gasteiger partial charge in [0.2, 0.25) is 11.7 Å². The first-order valence-electron chi connectivity index (χ1n) is 9.28. The summed E-state index contributed by atoms with van der Waals surface area (Å²) in [4.78, 5) is 23.1. The molecule has 1 fully saturated rings. The Morgan fingerprint density at radius 2 is 2.14 bits per heavy atom. The SMILES string of the molecule is COc1ccc(-c2noc(N3CCC[C@@H](C(=O)Nc4cccnc4Cl)C3)n2)cc1. The van der Waals surface area contributed by atoms with Crippen LogP contribution in [0.3, 0.4) is 0 Å². The van der Waals surface area contributed by atoms with Crippen LogP contribution in [0.4, 0.5) is 11.7 Å². The zero-order valence-corrected chi connectivity index (χ0v) is 16.6. The van der Waals surface area contributed by atoms with E-state index in [1.54, 1.807) is 25.4 Å². The molecule has 1 atom stereocenters. The minimum absolute atomic E-state index is 0.0977. The summed E-state index contributed by atoms with van der Waals surface area (Å²) in [6.07, 6.45) is 3.20. The van der Waals surface area contributed by atoms with Crippen molar-refractivity contribution in [1.82, 2.24) is 15.1 Å². The van der Waals surface area contributed by atoms with Crippen molar-refractivity contribution in [3.05, 3.63) is 47.7 Å². The van der Waals surface area contributed by atoms with Crippen molar-refractivity contribution in [3.8, 4) is 17.1 Å². The third kappa shape index (κ3) is 4.32. The Morgan fingerprint density at radius 1 is 1.31 bits per heavy atom. The van der Waals surface area contributed by atoms with Crippen molar-refractivity contribution in [1.29, 1.82) is 0 Å². The van der Waals surface area contributed by atoms with Gasteiger partial charge in [-0.1, -0.05) is 16.8 Å². The first-order chi connectivity index (χ1) is 14.1. The average Bonchev–Trinajstić information content (AvgIpc) is 3.26. The first-order valence-corrected chi connectivity index (χ1v) is 9.66. The predicted molar refractivity (Wildman–Crippen MR) is 109 cm³/mol. The fourth-order valence-corrected chi connectivity index (χ4v) is 3.45. The lowest BCUT2D eigenvalue weighted by Crippen LogP contribution is -2.41. The number of ether oxygens (including phenoxy) is 1. The number of pyridine rings is 1. The number of nitrogens with zero attached hydrogens (tertiary/aromatic N) is 4. The van der Waals surface area contributed by atoms with Crippen LogP contribution < -0.4 is 15.0 Å². The van der Waals surface area contributed by atoms with E-state index in [9.17, 15) is 4.79 Å². The van der Waals surface area contributed by atoms with Crippen molar-refractivity contribution in [2.24, 2.45) is 5.92 Å². The molecule has 2 aromatic heterocycles. The van der Waals surface area contributed by atoms with Crippen LogP contribution in [0, 0.1) is 5.92 Å². The van der Waals surface area contributed by atoms with E-state index in [2.05, 4.69) is 20.4 Å². The van der Waals surface area contributed by atoms with E-state index in [-0.39, 0.29) is 17.0 Å². The average molecular weight is 414 g/mol. The maximum Gasteiger partial charge on any atom is 0.324 e. The summed E-state index contributed by atoms with van der Waals surface area (Å²) in [5, 5.41) is 7.20. The molecule has 1 N–H and O–H groups in total. The molecule has 3 aromatic rings. The smallest absolute Gasteiger partial charge is 0.324 e. The molecule has 1 aromatic carbocycles. The van der Waals surface area contributed by atoms with Crippen LogP contribution in [0.1, 0.15) is 12.8 Å². The van der Waals surface area contributed by atoms with Gasteiger partial charge in [-0.05, 0) is 49.2 Å². The molecular formula is C20H20ClN5O3. The number of rotatable bonds is 5. The second-order valence-corrected chi connectivity index (χ2v) is 7.10. The van der Waals surface area contributed by atoms with E-state index >= 15 is 0 Å². The zero-order valence-electron chi connectivity index (χ0n) is 15.8. The van der Waals surface area contributed by atoms with Gasteiger partial charge in [0.05, 0.1) is 18.7 Å². The molecule has 0 aliphatic carbocycles. The Kier molecular flexibility index (Phi) is 5.62. The quantitative estimate of drug-likeness (QED) is 0.638. The lowest BCUT2D eigenvalue weighted by atomic mass is 9.97. The van der Waals surface area contributed by atoms with Gasteiger partial charge in [0, 0.05) is 24.8 Å². The van der Waals surface area contributed by atoms with Crippen LogP contribution in [0.15, 0.2) is 47.1 Å². The summed E-state index contributed by atoms with van der Waals surface area (Å²) in [5.74, 6) is 0.947. The van der Waals surface area contributed by atoms with Gasteiger partial charge in [-0.15, -0.1) is 0 Å². The zero-order chi connectivity index (χ0) is 20.2. The molecule has 0 radical (unpaired) electrons. The monoisotopic (exact) mass is 413 g/mol. The van der Waals surface area contributed by atoms with E-state index in [1.807, 2.05) is 29.2 Å². The number of benzene rings is 1.